The van der Waals surface area contributed by atoms with E-state index in [1.54, 1.807) is 6.07 Å². The smallest absolute Gasteiger partial charge is 0.240 e. The summed E-state index contributed by atoms with van der Waals surface area (Å²) < 4.78 is 39.9. The highest BCUT2D eigenvalue weighted by Gasteiger charge is 2.33. The van der Waals surface area contributed by atoms with Crippen LogP contribution in [0.25, 0.3) is 0 Å². The van der Waals surface area contributed by atoms with Crippen LogP contribution in [0.5, 0.6) is 0 Å². The monoisotopic (exact) mass is 319 g/mol. The fourth-order valence-electron chi connectivity index (χ4n) is 1.86. The zero-order valence-corrected chi connectivity index (χ0v) is 12.2. The van der Waals surface area contributed by atoms with E-state index in [4.69, 9.17) is 11.0 Å². The second kappa shape index (κ2) is 6.50. The van der Waals surface area contributed by atoms with Crippen molar-refractivity contribution in [3.63, 3.8) is 0 Å². The number of rotatable bonds is 5. The fraction of sp³-hybridized carbons (Fsp3) is 0.417. The van der Waals surface area contributed by atoms with Gasteiger partial charge in [0.25, 0.3) is 0 Å². The third-order valence-electron chi connectivity index (χ3n) is 3.12. The van der Waals surface area contributed by atoms with Crippen LogP contribution in [0, 0.1) is 23.1 Å². The average Bonchev–Trinajstić information content (AvgIpc) is 3.20. The highest BCUT2D eigenvalue weighted by Crippen LogP contribution is 2.32. The molecule has 1 aromatic rings. The molecule has 20 heavy (non-hydrogen) atoms. The van der Waals surface area contributed by atoms with E-state index in [1.165, 1.54) is 0 Å². The van der Waals surface area contributed by atoms with Crippen molar-refractivity contribution in [2.24, 2.45) is 11.7 Å². The first kappa shape index (κ1) is 16.9. The number of hydrogen-bond donors (Lipinski definition) is 2. The van der Waals surface area contributed by atoms with E-state index in [1.807, 2.05) is 0 Å². The predicted octanol–water partition coefficient (Wildman–Crippen LogP) is 1.13. The first-order chi connectivity index (χ1) is 8.97. The van der Waals surface area contributed by atoms with Gasteiger partial charge in [-0.05, 0) is 37.0 Å². The summed E-state index contributed by atoms with van der Waals surface area (Å²) in [4.78, 5) is -0.121. The van der Waals surface area contributed by atoms with Gasteiger partial charge in [0.1, 0.15) is 11.9 Å². The van der Waals surface area contributed by atoms with Crippen molar-refractivity contribution in [1.29, 1.82) is 5.26 Å². The minimum absolute atomic E-state index is 0. The summed E-state index contributed by atoms with van der Waals surface area (Å²) in [6.45, 7) is 0.218. The molecule has 0 aliphatic heterocycles. The number of hydrogen-bond acceptors (Lipinski definition) is 4. The minimum atomic E-state index is -3.77. The summed E-state index contributed by atoms with van der Waals surface area (Å²) in [7, 11) is -3.77. The Morgan fingerprint density at radius 3 is 2.65 bits per heavy atom. The van der Waals surface area contributed by atoms with Crippen LogP contribution in [0.4, 0.5) is 4.39 Å². The summed E-state index contributed by atoms with van der Waals surface area (Å²) in [5.41, 5.74) is 5.25. The van der Waals surface area contributed by atoms with Crippen molar-refractivity contribution in [2.45, 2.75) is 23.8 Å². The molecule has 0 saturated heterocycles. The van der Waals surface area contributed by atoms with Crippen molar-refractivity contribution in [2.75, 3.05) is 6.54 Å². The second-order valence-corrected chi connectivity index (χ2v) is 6.27. The van der Waals surface area contributed by atoms with Crippen LogP contribution in [0.3, 0.4) is 0 Å². The van der Waals surface area contributed by atoms with Crippen molar-refractivity contribution >= 4 is 22.4 Å². The summed E-state index contributed by atoms with van der Waals surface area (Å²) in [5.74, 6) is -0.463. The Hall–Kier alpha value is -1.20. The third kappa shape index (κ3) is 3.67. The number of sulfonamides is 1. The number of nitrogens with one attached hydrogen (secondary N) is 1. The molecule has 0 spiro atoms. The lowest BCUT2D eigenvalue weighted by molar-refractivity contribution is 0.519. The van der Waals surface area contributed by atoms with E-state index in [0.29, 0.717) is 0 Å². The van der Waals surface area contributed by atoms with E-state index in [-0.39, 0.29) is 41.4 Å². The van der Waals surface area contributed by atoms with Gasteiger partial charge in [0.15, 0.2) is 0 Å². The Bertz CT molecular complexity index is 626. The van der Waals surface area contributed by atoms with E-state index >= 15 is 0 Å². The largest absolute Gasteiger partial charge is 0.329 e. The lowest BCUT2D eigenvalue weighted by Gasteiger charge is -2.16. The maximum absolute atomic E-state index is 13.2. The van der Waals surface area contributed by atoms with Gasteiger partial charge in [-0.3, -0.25) is 0 Å². The predicted molar refractivity (Wildman–Crippen MR) is 74.3 cm³/mol. The number of benzene rings is 1. The summed E-state index contributed by atoms with van der Waals surface area (Å²) >= 11 is 0. The molecule has 1 aliphatic carbocycles. The maximum atomic E-state index is 13.2. The quantitative estimate of drug-likeness (QED) is 0.850. The van der Waals surface area contributed by atoms with Crippen LogP contribution in [-0.2, 0) is 10.0 Å². The lowest BCUT2D eigenvalue weighted by atomic mass is 10.2. The molecule has 110 valence electrons. The van der Waals surface area contributed by atoms with E-state index in [9.17, 15) is 12.8 Å². The van der Waals surface area contributed by atoms with Gasteiger partial charge in [-0.25, -0.2) is 17.5 Å². The van der Waals surface area contributed by atoms with Crippen molar-refractivity contribution in [1.82, 2.24) is 4.72 Å². The van der Waals surface area contributed by atoms with Gasteiger partial charge in [0.05, 0.1) is 10.5 Å². The van der Waals surface area contributed by atoms with Crippen molar-refractivity contribution in [3.05, 3.63) is 29.6 Å². The van der Waals surface area contributed by atoms with Gasteiger partial charge in [0, 0.05) is 12.6 Å². The molecule has 1 unspecified atom stereocenters. The molecule has 0 heterocycles. The van der Waals surface area contributed by atoms with Gasteiger partial charge < -0.3 is 5.73 Å². The zero-order chi connectivity index (χ0) is 14.0. The van der Waals surface area contributed by atoms with Crippen molar-refractivity contribution in [3.8, 4) is 6.07 Å². The van der Waals surface area contributed by atoms with Crippen molar-refractivity contribution < 1.29 is 12.8 Å². The van der Waals surface area contributed by atoms with Gasteiger partial charge in [-0.1, -0.05) is 0 Å². The topological polar surface area (TPSA) is 96.0 Å². The SMILES string of the molecule is Cl.N#Cc1cc(S(=O)(=O)NC(CN)C2CC2)ccc1F. The van der Waals surface area contributed by atoms with Gasteiger partial charge in [-0.2, -0.15) is 5.26 Å². The Morgan fingerprint density at radius 2 is 2.15 bits per heavy atom. The van der Waals surface area contributed by atoms with Crippen LogP contribution in [0.1, 0.15) is 18.4 Å². The Kier molecular flexibility index (Phi) is 5.48. The average molecular weight is 320 g/mol. The van der Waals surface area contributed by atoms with E-state index in [0.717, 1.165) is 31.0 Å². The summed E-state index contributed by atoms with van der Waals surface area (Å²) in [6, 6.07) is 4.45. The highest BCUT2D eigenvalue weighted by atomic mass is 35.5. The highest BCUT2D eigenvalue weighted by molar-refractivity contribution is 7.89. The molecule has 1 aliphatic rings. The summed E-state index contributed by atoms with van der Waals surface area (Å²) in [5, 5.41) is 8.71. The number of halogens is 2. The maximum Gasteiger partial charge on any atom is 0.240 e. The molecule has 0 radical (unpaired) electrons. The van der Waals surface area contributed by atoms with Gasteiger partial charge >= 0.3 is 0 Å². The molecule has 0 bridgehead atoms. The minimum Gasteiger partial charge on any atom is -0.329 e. The van der Waals surface area contributed by atoms with Crippen LogP contribution < -0.4 is 10.5 Å². The normalized spacial score (nSPS) is 16.1. The molecule has 3 N–H and O–H groups in total. The molecule has 5 nitrogen and oxygen atoms in total. The molecule has 0 amide bonds. The van der Waals surface area contributed by atoms with Crippen LogP contribution in [-0.4, -0.2) is 21.0 Å². The Balaban J connectivity index is 0.00000200. The molecule has 1 aromatic carbocycles. The molecular weight excluding hydrogens is 305 g/mol. The van der Waals surface area contributed by atoms with Gasteiger partial charge in [-0.15, -0.1) is 12.4 Å². The van der Waals surface area contributed by atoms with E-state index < -0.39 is 15.8 Å². The molecule has 1 fully saturated rings. The molecular formula is C12H15ClFN3O2S. The van der Waals surface area contributed by atoms with Crippen LogP contribution in [0.15, 0.2) is 23.1 Å². The Morgan fingerprint density at radius 1 is 1.50 bits per heavy atom. The number of nitrogens with two attached hydrogens (primary N) is 1. The van der Waals surface area contributed by atoms with Crippen LogP contribution >= 0.6 is 12.4 Å². The molecule has 8 heteroatoms. The van der Waals surface area contributed by atoms with Gasteiger partial charge in [0.2, 0.25) is 10.0 Å². The number of nitrogens with zero attached hydrogens (tertiary/aromatic N) is 1. The first-order valence-electron chi connectivity index (χ1n) is 5.90. The first-order valence-corrected chi connectivity index (χ1v) is 7.38. The number of nitriles is 1. The third-order valence-corrected chi connectivity index (χ3v) is 4.61. The molecule has 1 saturated carbocycles. The fourth-order valence-corrected chi connectivity index (χ4v) is 3.20. The molecule has 0 aromatic heterocycles. The molecule has 1 atom stereocenters. The zero-order valence-electron chi connectivity index (χ0n) is 10.5. The second-order valence-electron chi connectivity index (χ2n) is 4.55. The summed E-state index contributed by atoms with van der Waals surface area (Å²) in [6.07, 6.45) is 1.91. The van der Waals surface area contributed by atoms with E-state index in [2.05, 4.69) is 4.72 Å². The standard InChI is InChI=1S/C12H14FN3O2S.ClH/c13-11-4-3-10(5-9(11)6-14)19(17,18)16-12(7-15)8-1-2-8;/h3-5,8,12,16H,1-2,7,15H2;1H. The Labute approximate surface area is 123 Å². The lowest BCUT2D eigenvalue weighted by Crippen LogP contribution is -2.41. The molecule has 2 rings (SSSR count). The van der Waals surface area contributed by atoms with Crippen LogP contribution in [0.2, 0.25) is 0 Å².